The van der Waals surface area contributed by atoms with Crippen molar-refractivity contribution in [3.8, 4) is 0 Å². The van der Waals surface area contributed by atoms with Crippen LogP contribution in [0.3, 0.4) is 0 Å². The first kappa shape index (κ1) is 16.8. The van der Waals surface area contributed by atoms with Gasteiger partial charge in [-0.3, -0.25) is 9.59 Å². The molecule has 3 aromatic rings. The monoisotopic (exact) mass is 334 g/mol. The summed E-state index contributed by atoms with van der Waals surface area (Å²) in [5.74, 6) is -0.493. The average molecular weight is 334 g/mol. The Kier molecular flexibility index (Phi) is 4.36. The summed E-state index contributed by atoms with van der Waals surface area (Å²) in [4.78, 5) is 37.3. The maximum absolute atomic E-state index is 13.1. The summed E-state index contributed by atoms with van der Waals surface area (Å²) < 4.78 is 5.20. The minimum Gasteiger partial charge on any atom is -0.422 e. The molecule has 0 fully saturated rings. The summed E-state index contributed by atoms with van der Waals surface area (Å²) in [6.07, 6.45) is 0. The highest BCUT2D eigenvalue weighted by molar-refractivity contribution is 6.21. The van der Waals surface area contributed by atoms with Gasteiger partial charge in [0.1, 0.15) is 11.1 Å². The van der Waals surface area contributed by atoms with Gasteiger partial charge < -0.3 is 4.42 Å². The lowest BCUT2D eigenvalue weighted by Crippen LogP contribution is -2.19. The van der Waals surface area contributed by atoms with Crippen LogP contribution in [0.5, 0.6) is 0 Å². The van der Waals surface area contributed by atoms with Gasteiger partial charge in [0.25, 0.3) is 0 Å². The molecule has 0 N–H and O–H groups in total. The zero-order chi connectivity index (χ0) is 18.1. The van der Waals surface area contributed by atoms with Crippen molar-refractivity contribution in [1.29, 1.82) is 0 Å². The van der Waals surface area contributed by atoms with Crippen LogP contribution >= 0.6 is 0 Å². The van der Waals surface area contributed by atoms with Gasteiger partial charge in [0, 0.05) is 10.9 Å². The Morgan fingerprint density at radius 1 is 0.920 bits per heavy atom. The van der Waals surface area contributed by atoms with Gasteiger partial charge in [-0.05, 0) is 24.5 Å². The Balaban J connectivity index is 2.26. The van der Waals surface area contributed by atoms with Crippen LogP contribution in [0.15, 0.2) is 57.7 Å². The number of carbonyl (C=O) groups is 2. The molecule has 0 radical (unpaired) electrons. The Labute approximate surface area is 145 Å². The Morgan fingerprint density at radius 2 is 1.56 bits per heavy atom. The molecule has 25 heavy (non-hydrogen) atoms. The largest absolute Gasteiger partial charge is 0.422 e. The van der Waals surface area contributed by atoms with E-state index in [0.717, 1.165) is 5.56 Å². The van der Waals surface area contributed by atoms with Crippen LogP contribution in [0.2, 0.25) is 0 Å². The van der Waals surface area contributed by atoms with Crippen LogP contribution in [0, 0.1) is 0 Å². The molecule has 2 aromatic carbocycles. The molecular weight excluding hydrogens is 316 g/mol. The molecule has 4 nitrogen and oxygen atoms in total. The summed E-state index contributed by atoms with van der Waals surface area (Å²) >= 11 is 0. The lowest BCUT2D eigenvalue weighted by molar-refractivity contribution is 0.0987. The number of ketones is 2. The van der Waals surface area contributed by atoms with Gasteiger partial charge in [0.05, 0.1) is 5.56 Å². The van der Waals surface area contributed by atoms with Crippen LogP contribution in [-0.4, -0.2) is 11.6 Å². The number of Topliss-reactive ketones (excluding diaryl/α,β-unsaturated/α-hetero) is 1. The first-order chi connectivity index (χ1) is 11.9. The lowest BCUT2D eigenvalue weighted by Gasteiger charge is -2.10. The Morgan fingerprint density at radius 3 is 2.16 bits per heavy atom. The molecule has 0 amide bonds. The lowest BCUT2D eigenvalue weighted by atomic mass is 9.93. The number of hydrogen-bond acceptors (Lipinski definition) is 4. The van der Waals surface area contributed by atoms with Crippen molar-refractivity contribution in [1.82, 2.24) is 0 Å². The maximum Gasteiger partial charge on any atom is 0.347 e. The van der Waals surface area contributed by atoms with E-state index >= 15 is 0 Å². The molecule has 3 rings (SSSR count). The Bertz CT molecular complexity index is 1020. The van der Waals surface area contributed by atoms with Crippen LogP contribution < -0.4 is 5.63 Å². The van der Waals surface area contributed by atoms with Crippen molar-refractivity contribution in [2.75, 3.05) is 0 Å². The van der Waals surface area contributed by atoms with E-state index in [2.05, 4.69) is 13.8 Å². The summed E-state index contributed by atoms with van der Waals surface area (Å²) in [6.45, 7) is 5.40. The molecule has 1 aromatic heterocycles. The third kappa shape index (κ3) is 3.03. The van der Waals surface area contributed by atoms with E-state index in [4.69, 9.17) is 4.42 Å². The molecule has 1 heterocycles. The Hall–Kier alpha value is -3.01. The van der Waals surface area contributed by atoms with Gasteiger partial charge in [-0.15, -0.1) is 0 Å². The highest BCUT2D eigenvalue weighted by Crippen LogP contribution is 2.24. The van der Waals surface area contributed by atoms with Crippen molar-refractivity contribution in [3.05, 3.63) is 81.2 Å². The van der Waals surface area contributed by atoms with Gasteiger partial charge >= 0.3 is 5.63 Å². The fourth-order valence-corrected chi connectivity index (χ4v) is 2.87. The minimum atomic E-state index is -0.784. The zero-order valence-corrected chi connectivity index (χ0v) is 14.3. The SMILES string of the molecule is CC(=O)c1c(C(=O)c2ccc(C(C)C)cc2)c2ccccc2oc1=O. The zero-order valence-electron chi connectivity index (χ0n) is 14.3. The van der Waals surface area contributed by atoms with Crippen molar-refractivity contribution in [3.63, 3.8) is 0 Å². The topological polar surface area (TPSA) is 64.3 Å². The predicted octanol–water partition coefficient (Wildman–Crippen LogP) is 4.35. The van der Waals surface area contributed by atoms with Crippen LogP contribution in [0.4, 0.5) is 0 Å². The standard InChI is InChI=1S/C21H18O4/c1-12(2)14-8-10-15(11-9-14)20(23)19-16-6-4-5-7-17(16)25-21(24)18(19)13(3)22/h4-12H,1-3H3. The molecular formula is C21H18O4. The van der Waals surface area contributed by atoms with Gasteiger partial charge in [-0.25, -0.2) is 4.79 Å². The first-order valence-corrected chi connectivity index (χ1v) is 8.11. The number of para-hydroxylation sites is 1. The van der Waals surface area contributed by atoms with E-state index in [1.807, 2.05) is 12.1 Å². The van der Waals surface area contributed by atoms with E-state index in [-0.39, 0.29) is 16.9 Å². The predicted molar refractivity (Wildman–Crippen MR) is 96.5 cm³/mol. The summed E-state index contributed by atoms with van der Waals surface area (Å²) in [7, 11) is 0. The molecule has 126 valence electrons. The number of rotatable bonds is 4. The van der Waals surface area contributed by atoms with E-state index in [0.29, 0.717) is 22.5 Å². The second kappa shape index (κ2) is 6.48. The molecule has 0 bridgehead atoms. The highest BCUT2D eigenvalue weighted by Gasteiger charge is 2.24. The average Bonchev–Trinajstić information content (AvgIpc) is 2.59. The number of hydrogen-bond donors (Lipinski definition) is 0. The molecule has 0 saturated heterocycles. The van der Waals surface area contributed by atoms with Crippen molar-refractivity contribution >= 4 is 22.5 Å². The van der Waals surface area contributed by atoms with Crippen LogP contribution in [-0.2, 0) is 0 Å². The fourth-order valence-electron chi connectivity index (χ4n) is 2.87. The second-order valence-corrected chi connectivity index (χ2v) is 6.30. The molecule has 0 atom stereocenters. The van der Waals surface area contributed by atoms with E-state index in [1.54, 1.807) is 36.4 Å². The van der Waals surface area contributed by atoms with Gasteiger partial charge in [0.2, 0.25) is 0 Å². The van der Waals surface area contributed by atoms with Crippen LogP contribution in [0.25, 0.3) is 11.0 Å². The normalized spacial score (nSPS) is 11.0. The van der Waals surface area contributed by atoms with Gasteiger partial charge in [-0.1, -0.05) is 56.3 Å². The van der Waals surface area contributed by atoms with E-state index in [1.165, 1.54) is 6.92 Å². The second-order valence-electron chi connectivity index (χ2n) is 6.30. The molecule has 4 heteroatoms. The number of fused-ring (bicyclic) bond motifs is 1. The van der Waals surface area contributed by atoms with Gasteiger partial charge in [0.15, 0.2) is 11.6 Å². The van der Waals surface area contributed by atoms with Crippen LogP contribution in [0.1, 0.15) is 58.5 Å². The van der Waals surface area contributed by atoms with Gasteiger partial charge in [-0.2, -0.15) is 0 Å². The summed E-state index contributed by atoms with van der Waals surface area (Å²) in [6, 6.07) is 14.0. The third-order valence-corrected chi connectivity index (χ3v) is 4.23. The third-order valence-electron chi connectivity index (χ3n) is 4.23. The van der Waals surface area contributed by atoms with Crippen molar-refractivity contribution in [2.24, 2.45) is 0 Å². The fraction of sp³-hybridized carbons (Fsp3) is 0.190. The molecule has 0 aliphatic rings. The number of carbonyl (C=O) groups excluding carboxylic acids is 2. The molecule has 0 unspecified atom stereocenters. The molecule has 0 aliphatic carbocycles. The van der Waals surface area contributed by atoms with Crippen molar-refractivity contribution in [2.45, 2.75) is 26.7 Å². The quantitative estimate of drug-likeness (QED) is 0.525. The summed E-state index contributed by atoms with van der Waals surface area (Å²) in [5.41, 5.74) is 0.963. The molecule has 0 saturated carbocycles. The number of benzene rings is 2. The maximum atomic E-state index is 13.1. The van der Waals surface area contributed by atoms with E-state index in [9.17, 15) is 14.4 Å². The molecule has 0 spiro atoms. The highest BCUT2D eigenvalue weighted by atomic mass is 16.4. The minimum absolute atomic E-state index is 0.108. The van der Waals surface area contributed by atoms with E-state index < -0.39 is 11.4 Å². The van der Waals surface area contributed by atoms with Crippen molar-refractivity contribution < 1.29 is 14.0 Å². The summed E-state index contributed by atoms with van der Waals surface area (Å²) in [5, 5.41) is 0.463. The smallest absolute Gasteiger partial charge is 0.347 e. The first-order valence-electron chi connectivity index (χ1n) is 8.11. The molecule has 0 aliphatic heterocycles.